The summed E-state index contributed by atoms with van der Waals surface area (Å²) in [6.45, 7) is 4.05. The van der Waals surface area contributed by atoms with Crippen molar-refractivity contribution in [2.75, 3.05) is 10.6 Å². The van der Waals surface area contributed by atoms with E-state index in [2.05, 4.69) is 37.8 Å². The van der Waals surface area contributed by atoms with Gasteiger partial charge in [-0.05, 0) is 47.0 Å². The number of amides is 1. The van der Waals surface area contributed by atoms with E-state index in [-0.39, 0.29) is 5.91 Å². The lowest BCUT2D eigenvalue weighted by molar-refractivity contribution is -0.111. The number of aromatic nitrogens is 3. The van der Waals surface area contributed by atoms with Gasteiger partial charge >= 0.3 is 0 Å². The Balaban J connectivity index is 1.76. The number of rotatable bonds is 3. The SMILES string of the molecule is C=CC(=O)Nc1ccc(-c2c3c4c(ncnc4n2C)NCc2cc(C#N)ccc2-3)cc1. The van der Waals surface area contributed by atoms with Crippen molar-refractivity contribution in [3.63, 3.8) is 0 Å². The van der Waals surface area contributed by atoms with Crippen LogP contribution in [0.3, 0.4) is 0 Å². The molecule has 0 saturated heterocycles. The smallest absolute Gasteiger partial charge is 0.247 e. The number of benzene rings is 2. The van der Waals surface area contributed by atoms with Crippen molar-refractivity contribution in [1.29, 1.82) is 5.26 Å². The van der Waals surface area contributed by atoms with E-state index >= 15 is 0 Å². The second kappa shape index (κ2) is 7.11. The van der Waals surface area contributed by atoms with Crippen LogP contribution in [0.25, 0.3) is 33.4 Å². The molecule has 0 saturated carbocycles. The minimum atomic E-state index is -0.253. The molecular formula is C24H18N6O. The summed E-state index contributed by atoms with van der Waals surface area (Å²) in [5.41, 5.74) is 7.21. The second-order valence-electron chi connectivity index (χ2n) is 7.31. The quantitative estimate of drug-likeness (QED) is 0.497. The van der Waals surface area contributed by atoms with Gasteiger partial charge in [-0.2, -0.15) is 5.26 Å². The predicted molar refractivity (Wildman–Crippen MR) is 120 cm³/mol. The number of anilines is 2. The Morgan fingerprint density at radius 3 is 2.81 bits per heavy atom. The van der Waals surface area contributed by atoms with Gasteiger partial charge in [-0.15, -0.1) is 0 Å². The number of nitrogens with one attached hydrogen (secondary N) is 2. The third kappa shape index (κ3) is 2.93. The first-order valence-corrected chi connectivity index (χ1v) is 9.75. The lowest BCUT2D eigenvalue weighted by Gasteiger charge is -2.12. The van der Waals surface area contributed by atoms with Crippen molar-refractivity contribution < 1.29 is 4.79 Å². The Labute approximate surface area is 178 Å². The molecule has 2 N–H and O–H groups in total. The molecule has 5 rings (SSSR count). The van der Waals surface area contributed by atoms with Gasteiger partial charge in [0, 0.05) is 24.8 Å². The number of carbonyl (C=O) groups excluding carboxylic acids is 1. The van der Waals surface area contributed by atoms with Gasteiger partial charge in [0.1, 0.15) is 17.8 Å². The van der Waals surface area contributed by atoms with Crippen LogP contribution in [0.1, 0.15) is 11.1 Å². The van der Waals surface area contributed by atoms with Gasteiger partial charge in [0.2, 0.25) is 5.91 Å². The Hall–Kier alpha value is -4.44. The molecule has 2 aromatic heterocycles. The van der Waals surface area contributed by atoms with Gasteiger partial charge in [-0.3, -0.25) is 4.79 Å². The zero-order valence-electron chi connectivity index (χ0n) is 16.8. The van der Waals surface area contributed by atoms with Crippen molar-refractivity contribution in [3.05, 3.63) is 72.6 Å². The number of nitriles is 1. The molecule has 0 unspecified atom stereocenters. The summed E-state index contributed by atoms with van der Waals surface area (Å²) in [5, 5.41) is 16.5. The highest BCUT2D eigenvalue weighted by Crippen LogP contribution is 2.45. The lowest BCUT2D eigenvalue weighted by atomic mass is 9.94. The van der Waals surface area contributed by atoms with Gasteiger partial charge in [0.05, 0.1) is 22.7 Å². The Morgan fingerprint density at radius 2 is 2.06 bits per heavy atom. The van der Waals surface area contributed by atoms with Crippen molar-refractivity contribution in [2.24, 2.45) is 7.05 Å². The molecule has 2 aromatic carbocycles. The first-order chi connectivity index (χ1) is 15.1. The number of hydrogen-bond donors (Lipinski definition) is 2. The maximum absolute atomic E-state index is 11.6. The molecule has 7 heteroatoms. The third-order valence-corrected chi connectivity index (χ3v) is 5.53. The van der Waals surface area contributed by atoms with Gasteiger partial charge in [0.25, 0.3) is 0 Å². The highest BCUT2D eigenvalue weighted by atomic mass is 16.1. The third-order valence-electron chi connectivity index (χ3n) is 5.53. The molecule has 150 valence electrons. The van der Waals surface area contributed by atoms with Gasteiger partial charge in [0.15, 0.2) is 0 Å². The fraction of sp³-hybridized carbons (Fsp3) is 0.0833. The molecule has 0 fully saturated rings. The maximum atomic E-state index is 11.6. The summed E-state index contributed by atoms with van der Waals surface area (Å²) in [6, 6.07) is 15.6. The average molecular weight is 406 g/mol. The fourth-order valence-electron chi connectivity index (χ4n) is 4.12. The molecule has 0 aliphatic carbocycles. The number of nitrogens with zero attached hydrogens (tertiary/aromatic N) is 4. The number of aryl methyl sites for hydroxylation is 1. The van der Waals surface area contributed by atoms with Crippen LogP contribution < -0.4 is 10.6 Å². The van der Waals surface area contributed by atoms with E-state index in [1.807, 2.05) is 49.5 Å². The van der Waals surface area contributed by atoms with Crippen LogP contribution in [0.5, 0.6) is 0 Å². The highest BCUT2D eigenvalue weighted by molar-refractivity contribution is 6.09. The van der Waals surface area contributed by atoms with Crippen LogP contribution in [0.15, 0.2) is 61.4 Å². The molecule has 3 heterocycles. The molecular weight excluding hydrogens is 388 g/mol. The maximum Gasteiger partial charge on any atom is 0.247 e. The van der Waals surface area contributed by atoms with Crippen molar-refractivity contribution in [3.8, 4) is 28.5 Å². The van der Waals surface area contributed by atoms with Gasteiger partial charge in [-0.25, -0.2) is 9.97 Å². The van der Waals surface area contributed by atoms with Gasteiger partial charge in [-0.1, -0.05) is 24.8 Å². The van der Waals surface area contributed by atoms with E-state index in [9.17, 15) is 10.1 Å². The van der Waals surface area contributed by atoms with Crippen LogP contribution in [0.4, 0.5) is 11.5 Å². The first-order valence-electron chi connectivity index (χ1n) is 9.75. The van der Waals surface area contributed by atoms with Gasteiger partial charge < -0.3 is 15.2 Å². The minimum Gasteiger partial charge on any atom is -0.365 e. The van der Waals surface area contributed by atoms with E-state index < -0.39 is 0 Å². The second-order valence-corrected chi connectivity index (χ2v) is 7.31. The fourth-order valence-corrected chi connectivity index (χ4v) is 4.12. The summed E-state index contributed by atoms with van der Waals surface area (Å²) >= 11 is 0. The topological polar surface area (TPSA) is 95.6 Å². The summed E-state index contributed by atoms with van der Waals surface area (Å²) in [4.78, 5) is 20.6. The van der Waals surface area contributed by atoms with E-state index in [1.165, 1.54) is 6.08 Å². The van der Waals surface area contributed by atoms with E-state index in [0.717, 1.165) is 44.8 Å². The predicted octanol–water partition coefficient (Wildman–Crippen LogP) is 4.22. The van der Waals surface area contributed by atoms with Crippen molar-refractivity contribution in [2.45, 2.75) is 6.54 Å². The standard InChI is InChI=1S/C24H18N6O/c1-3-19(31)29-17-7-5-15(6-8-17)22-20-18-9-4-14(11-25)10-16(18)12-26-23-21(20)24(30(22)2)28-13-27-23/h3-10,13H,1,12H2,2H3,(H,29,31)(H,26,27,28). The molecule has 0 bridgehead atoms. The number of carbonyl (C=O) groups is 1. The molecule has 4 aromatic rings. The zero-order chi connectivity index (χ0) is 21.5. The van der Waals surface area contributed by atoms with Crippen molar-refractivity contribution >= 4 is 28.4 Å². The Kier molecular flexibility index (Phi) is 4.26. The van der Waals surface area contributed by atoms with Crippen LogP contribution in [0.2, 0.25) is 0 Å². The van der Waals surface area contributed by atoms with Crippen LogP contribution >= 0.6 is 0 Å². The normalized spacial score (nSPS) is 11.7. The average Bonchev–Trinajstić information content (AvgIpc) is 3.00. The Morgan fingerprint density at radius 1 is 1.26 bits per heavy atom. The monoisotopic (exact) mass is 406 g/mol. The number of hydrogen-bond acceptors (Lipinski definition) is 5. The highest BCUT2D eigenvalue weighted by Gasteiger charge is 2.26. The molecule has 7 nitrogen and oxygen atoms in total. The van der Waals surface area contributed by atoms with Crippen LogP contribution in [-0.4, -0.2) is 20.4 Å². The molecule has 1 aliphatic heterocycles. The minimum absolute atomic E-state index is 0.253. The molecule has 1 aliphatic rings. The number of fused-ring (bicyclic) bond motifs is 2. The van der Waals surface area contributed by atoms with Crippen molar-refractivity contribution in [1.82, 2.24) is 14.5 Å². The summed E-state index contributed by atoms with van der Waals surface area (Å²) in [7, 11) is 1.98. The zero-order valence-corrected chi connectivity index (χ0v) is 16.8. The molecule has 31 heavy (non-hydrogen) atoms. The molecule has 1 amide bonds. The lowest BCUT2D eigenvalue weighted by Crippen LogP contribution is -2.07. The first kappa shape index (κ1) is 18.6. The van der Waals surface area contributed by atoms with Crippen LogP contribution in [-0.2, 0) is 18.4 Å². The summed E-state index contributed by atoms with van der Waals surface area (Å²) < 4.78 is 2.06. The molecule has 0 radical (unpaired) electrons. The Bertz CT molecular complexity index is 1410. The van der Waals surface area contributed by atoms with E-state index in [4.69, 9.17) is 0 Å². The molecule has 0 atom stereocenters. The largest absolute Gasteiger partial charge is 0.365 e. The van der Waals surface area contributed by atoms with E-state index in [1.54, 1.807) is 6.33 Å². The molecule has 0 spiro atoms. The van der Waals surface area contributed by atoms with Crippen LogP contribution in [0, 0.1) is 11.3 Å². The summed E-state index contributed by atoms with van der Waals surface area (Å²) in [6.07, 6.45) is 2.80. The summed E-state index contributed by atoms with van der Waals surface area (Å²) in [5.74, 6) is 0.517. The van der Waals surface area contributed by atoms with E-state index in [0.29, 0.717) is 17.8 Å².